The number of benzene rings is 1. The summed E-state index contributed by atoms with van der Waals surface area (Å²) in [6.07, 6.45) is 3.73. The highest BCUT2D eigenvalue weighted by Gasteiger charge is 2.40. The minimum Gasteiger partial charge on any atom is -0.483 e. The fraction of sp³-hybridized carbons (Fsp3) is 0.655. The summed E-state index contributed by atoms with van der Waals surface area (Å²) in [5.41, 5.74) is 0.108. The van der Waals surface area contributed by atoms with E-state index in [0.717, 1.165) is 32.4 Å². The van der Waals surface area contributed by atoms with Crippen LogP contribution in [-0.4, -0.2) is 102 Å². The second kappa shape index (κ2) is 12.4. The summed E-state index contributed by atoms with van der Waals surface area (Å²) < 4.78 is 5.72. The topological polar surface area (TPSA) is 111 Å². The van der Waals surface area contributed by atoms with E-state index in [9.17, 15) is 19.2 Å². The molecule has 2 aliphatic heterocycles. The van der Waals surface area contributed by atoms with E-state index in [4.69, 9.17) is 4.74 Å². The molecular weight excluding hydrogens is 498 g/mol. The Morgan fingerprint density at radius 3 is 2.41 bits per heavy atom. The highest BCUT2D eigenvalue weighted by molar-refractivity contribution is 6.00. The van der Waals surface area contributed by atoms with E-state index in [2.05, 4.69) is 15.5 Å². The number of hydrogen-bond acceptors (Lipinski definition) is 6. The molecular formula is C29H43N5O5. The van der Waals surface area contributed by atoms with Gasteiger partial charge in [-0.15, -0.1) is 0 Å². The second-order valence-electron chi connectivity index (χ2n) is 11.9. The number of hydrogen-bond donors (Lipinski definition) is 2. The molecule has 1 saturated carbocycles. The van der Waals surface area contributed by atoms with Crippen LogP contribution in [0, 0.1) is 5.92 Å². The quantitative estimate of drug-likeness (QED) is 0.466. The Bertz CT molecular complexity index is 1060. The van der Waals surface area contributed by atoms with Gasteiger partial charge in [0, 0.05) is 38.3 Å². The van der Waals surface area contributed by atoms with Crippen LogP contribution in [0.5, 0.6) is 5.75 Å². The van der Waals surface area contributed by atoms with E-state index in [1.54, 1.807) is 29.2 Å². The van der Waals surface area contributed by atoms with Crippen LogP contribution in [0.1, 0.15) is 63.2 Å². The lowest BCUT2D eigenvalue weighted by Crippen LogP contribution is -2.56. The number of likely N-dealkylation sites (tertiary alicyclic amines) is 1. The molecule has 0 aromatic heterocycles. The number of ether oxygens (including phenoxy) is 1. The summed E-state index contributed by atoms with van der Waals surface area (Å²) in [5, 5.41) is 5.86. The Balaban J connectivity index is 1.43. The minimum atomic E-state index is -0.774. The molecule has 39 heavy (non-hydrogen) atoms. The number of carbonyl (C=O) groups is 4. The highest BCUT2D eigenvalue weighted by Crippen LogP contribution is 2.34. The maximum Gasteiger partial charge on any atom is 0.258 e. The first kappa shape index (κ1) is 28.9. The molecule has 1 aliphatic carbocycles. The first-order chi connectivity index (χ1) is 18.6. The molecule has 2 atom stereocenters. The zero-order valence-electron chi connectivity index (χ0n) is 23.7. The number of nitrogens with zero attached hydrogens (tertiary/aromatic N) is 3. The third-order valence-corrected chi connectivity index (χ3v) is 7.88. The monoisotopic (exact) mass is 541 g/mol. The number of likely N-dealkylation sites (N-methyl/N-ethyl adjacent to an activating group) is 1. The zero-order chi connectivity index (χ0) is 28.2. The van der Waals surface area contributed by atoms with Gasteiger partial charge in [-0.2, -0.15) is 0 Å². The normalized spacial score (nSPS) is 21.4. The van der Waals surface area contributed by atoms with Gasteiger partial charge in [0.15, 0.2) is 6.61 Å². The number of amides is 4. The summed E-state index contributed by atoms with van der Waals surface area (Å²) in [7, 11) is 2.04. The molecule has 4 rings (SSSR count). The third-order valence-electron chi connectivity index (χ3n) is 7.88. The van der Waals surface area contributed by atoms with Gasteiger partial charge in [-0.3, -0.25) is 19.2 Å². The molecule has 3 aliphatic rings. The molecule has 1 aromatic carbocycles. The summed E-state index contributed by atoms with van der Waals surface area (Å²) in [4.78, 5) is 58.5. The van der Waals surface area contributed by atoms with Crippen LogP contribution in [0.4, 0.5) is 0 Å². The average molecular weight is 542 g/mol. The van der Waals surface area contributed by atoms with Crippen LogP contribution < -0.4 is 15.4 Å². The predicted molar refractivity (Wildman–Crippen MR) is 147 cm³/mol. The maximum absolute atomic E-state index is 13.8. The van der Waals surface area contributed by atoms with Crippen molar-refractivity contribution in [1.29, 1.82) is 0 Å². The largest absolute Gasteiger partial charge is 0.483 e. The van der Waals surface area contributed by atoms with Crippen LogP contribution in [0.15, 0.2) is 24.3 Å². The Hall–Kier alpha value is -3.14. The van der Waals surface area contributed by atoms with Crippen LogP contribution >= 0.6 is 0 Å². The second-order valence-corrected chi connectivity index (χ2v) is 11.9. The van der Waals surface area contributed by atoms with Gasteiger partial charge in [0.2, 0.25) is 11.8 Å². The van der Waals surface area contributed by atoms with Crippen LogP contribution in [-0.2, 0) is 14.4 Å². The molecule has 1 aromatic rings. The van der Waals surface area contributed by atoms with E-state index >= 15 is 0 Å². The van der Waals surface area contributed by atoms with Gasteiger partial charge in [0.05, 0.1) is 5.56 Å². The minimum absolute atomic E-state index is 0.000604. The van der Waals surface area contributed by atoms with E-state index in [-0.39, 0.29) is 47.1 Å². The lowest BCUT2D eigenvalue weighted by Gasteiger charge is -2.36. The summed E-state index contributed by atoms with van der Waals surface area (Å²) >= 11 is 0. The molecule has 2 heterocycles. The molecule has 10 nitrogen and oxygen atoms in total. The van der Waals surface area contributed by atoms with Crippen molar-refractivity contribution >= 4 is 23.6 Å². The van der Waals surface area contributed by atoms with Gasteiger partial charge in [0.1, 0.15) is 17.8 Å². The van der Waals surface area contributed by atoms with Crippen molar-refractivity contribution in [3.8, 4) is 5.75 Å². The zero-order valence-corrected chi connectivity index (χ0v) is 23.7. The molecule has 2 N–H and O–H groups in total. The SMILES string of the molecule is CC(C)CC(NC(=O)c1ccccc1OCC(=O)NC1(C)CC1)C(=O)N1CCCC1C(=O)N1CCN(C)CC1. The van der Waals surface area contributed by atoms with Gasteiger partial charge in [-0.25, -0.2) is 0 Å². The Labute approximate surface area is 231 Å². The number of piperazine rings is 1. The lowest BCUT2D eigenvalue weighted by molar-refractivity contribution is -0.145. The number of nitrogens with one attached hydrogen (secondary N) is 2. The number of rotatable bonds is 10. The van der Waals surface area contributed by atoms with E-state index in [1.807, 2.05) is 32.7 Å². The molecule has 10 heteroatoms. The standard InChI is InChI=1S/C29H43N5O5/c1-20(2)18-22(27(37)34-13-7-9-23(34)28(38)33-16-14-32(4)15-17-33)30-26(36)21-8-5-6-10-24(21)39-19-25(35)31-29(3)11-12-29/h5-6,8,10,20,22-23H,7,9,11-19H2,1-4H3,(H,30,36)(H,31,35). The van der Waals surface area contributed by atoms with Crippen molar-refractivity contribution in [2.45, 2.75) is 70.5 Å². The lowest BCUT2D eigenvalue weighted by atomic mass is 10.0. The fourth-order valence-electron chi connectivity index (χ4n) is 5.26. The van der Waals surface area contributed by atoms with E-state index in [0.29, 0.717) is 32.5 Å². The van der Waals surface area contributed by atoms with Crippen molar-refractivity contribution in [2.24, 2.45) is 5.92 Å². The third kappa shape index (κ3) is 7.50. The molecule has 0 bridgehead atoms. The molecule has 214 valence electrons. The van der Waals surface area contributed by atoms with Crippen molar-refractivity contribution in [3.63, 3.8) is 0 Å². The van der Waals surface area contributed by atoms with Gasteiger partial charge >= 0.3 is 0 Å². The summed E-state index contributed by atoms with van der Waals surface area (Å²) in [6, 6.07) is 5.46. The van der Waals surface area contributed by atoms with Gasteiger partial charge in [-0.1, -0.05) is 26.0 Å². The van der Waals surface area contributed by atoms with Gasteiger partial charge in [0.25, 0.3) is 11.8 Å². The molecule has 2 unspecified atom stereocenters. The molecule has 4 amide bonds. The molecule has 3 fully saturated rings. The molecule has 0 spiro atoms. The van der Waals surface area contributed by atoms with E-state index in [1.165, 1.54) is 0 Å². The predicted octanol–water partition coefficient (Wildman–Crippen LogP) is 1.64. The molecule has 2 saturated heterocycles. The molecule has 0 radical (unpaired) electrons. The van der Waals surface area contributed by atoms with Crippen LogP contribution in [0.2, 0.25) is 0 Å². The number of carbonyl (C=O) groups excluding carboxylic acids is 4. The maximum atomic E-state index is 13.8. The Kier molecular flexibility index (Phi) is 9.15. The number of para-hydroxylation sites is 1. The summed E-state index contributed by atoms with van der Waals surface area (Å²) in [6.45, 7) is 9.25. The van der Waals surface area contributed by atoms with Crippen LogP contribution in [0.3, 0.4) is 0 Å². The smallest absolute Gasteiger partial charge is 0.258 e. The Morgan fingerprint density at radius 1 is 1.05 bits per heavy atom. The Morgan fingerprint density at radius 2 is 1.74 bits per heavy atom. The van der Waals surface area contributed by atoms with E-state index < -0.39 is 18.0 Å². The van der Waals surface area contributed by atoms with Crippen molar-refractivity contribution < 1.29 is 23.9 Å². The van der Waals surface area contributed by atoms with Gasteiger partial charge < -0.3 is 30.1 Å². The van der Waals surface area contributed by atoms with Crippen molar-refractivity contribution in [2.75, 3.05) is 46.4 Å². The fourth-order valence-corrected chi connectivity index (χ4v) is 5.26. The van der Waals surface area contributed by atoms with Crippen molar-refractivity contribution in [1.82, 2.24) is 25.3 Å². The van der Waals surface area contributed by atoms with Gasteiger partial charge in [-0.05, 0) is 64.1 Å². The first-order valence-electron chi connectivity index (χ1n) is 14.2. The highest BCUT2D eigenvalue weighted by atomic mass is 16.5. The summed E-state index contributed by atoms with van der Waals surface area (Å²) in [5.74, 6) is -0.472. The van der Waals surface area contributed by atoms with Crippen LogP contribution in [0.25, 0.3) is 0 Å². The average Bonchev–Trinajstić information content (AvgIpc) is 3.42. The first-order valence-corrected chi connectivity index (χ1v) is 14.2. The van der Waals surface area contributed by atoms with Crippen molar-refractivity contribution in [3.05, 3.63) is 29.8 Å².